The van der Waals surface area contributed by atoms with E-state index >= 15 is 0 Å². The summed E-state index contributed by atoms with van der Waals surface area (Å²) in [6, 6.07) is -0.360. The van der Waals surface area contributed by atoms with Gasteiger partial charge in [-0.2, -0.15) is 18.3 Å². The van der Waals surface area contributed by atoms with Crippen molar-refractivity contribution in [3.8, 4) is 0 Å². The number of hydrogen-bond donors (Lipinski definition) is 1. The van der Waals surface area contributed by atoms with Crippen LogP contribution >= 0.6 is 11.3 Å². The molecular formula is C21H24F3N5O4S. The van der Waals surface area contributed by atoms with E-state index in [1.165, 1.54) is 18.5 Å². The minimum Gasteiger partial charge on any atom is -0.282 e. The second-order valence-corrected chi connectivity index (χ2v) is 9.89. The van der Waals surface area contributed by atoms with Crippen LogP contribution in [0, 0.1) is 12.8 Å². The Hall–Kier alpha value is -2.93. The molecule has 0 saturated carbocycles. The first-order valence-electron chi connectivity index (χ1n) is 10.7. The van der Waals surface area contributed by atoms with Crippen molar-refractivity contribution < 1.29 is 22.8 Å². The molecule has 0 radical (unpaired) electrons. The van der Waals surface area contributed by atoms with E-state index < -0.39 is 29.0 Å². The molecule has 1 atom stereocenters. The van der Waals surface area contributed by atoms with Gasteiger partial charge in [0.1, 0.15) is 4.83 Å². The van der Waals surface area contributed by atoms with Crippen molar-refractivity contribution in [1.29, 1.82) is 0 Å². The van der Waals surface area contributed by atoms with Crippen LogP contribution in [0.25, 0.3) is 10.2 Å². The van der Waals surface area contributed by atoms with Crippen molar-refractivity contribution in [3.05, 3.63) is 48.2 Å². The van der Waals surface area contributed by atoms with Gasteiger partial charge in [-0.3, -0.25) is 28.7 Å². The standard InChI is InChI=1S/C21H24F3N5O4S/c1-9(2)29-19-15(17(30)27(5)20(29)32)14(18(31)28-7-10(3)8-33-28)13(34-19)6-12-11(4)25-26-16(12)21(22,23)24/h9-10H,6-8H2,1-5H3,(H,25,26). The fourth-order valence-electron chi connectivity index (χ4n) is 4.08. The van der Waals surface area contributed by atoms with Gasteiger partial charge in [0.15, 0.2) is 5.69 Å². The molecule has 3 aromatic rings. The third-order valence-corrected chi connectivity index (χ3v) is 7.01. The number of aromatic amines is 1. The van der Waals surface area contributed by atoms with E-state index in [1.54, 1.807) is 13.8 Å². The van der Waals surface area contributed by atoms with E-state index in [-0.39, 0.29) is 56.8 Å². The highest BCUT2D eigenvalue weighted by Gasteiger charge is 2.39. The fraction of sp³-hybridized carbons (Fsp3) is 0.524. The zero-order valence-electron chi connectivity index (χ0n) is 19.2. The monoisotopic (exact) mass is 499 g/mol. The lowest BCUT2D eigenvalue weighted by Crippen LogP contribution is -2.39. The Morgan fingerprint density at radius 2 is 2.00 bits per heavy atom. The summed E-state index contributed by atoms with van der Waals surface area (Å²) in [6.45, 7) is 7.43. The van der Waals surface area contributed by atoms with Crippen molar-refractivity contribution in [2.45, 2.75) is 46.3 Å². The SMILES string of the molecule is Cc1[nH]nc(C(F)(F)F)c1Cc1sc2c(c1C(=O)N1CC(C)CO1)c(=O)n(C)c(=O)n2C(C)C. The summed E-state index contributed by atoms with van der Waals surface area (Å²) in [5, 5.41) is 6.89. The molecule has 1 aliphatic heterocycles. The number of hydrogen-bond acceptors (Lipinski definition) is 6. The lowest BCUT2D eigenvalue weighted by Gasteiger charge is -2.16. The summed E-state index contributed by atoms with van der Waals surface area (Å²) in [6.07, 6.45) is -5.00. The third-order valence-electron chi connectivity index (χ3n) is 5.82. The van der Waals surface area contributed by atoms with Gasteiger partial charge >= 0.3 is 11.9 Å². The van der Waals surface area contributed by atoms with Crippen molar-refractivity contribution in [1.82, 2.24) is 24.4 Å². The van der Waals surface area contributed by atoms with Crippen LogP contribution in [0.15, 0.2) is 9.59 Å². The number of amides is 1. The minimum atomic E-state index is -4.70. The fourth-order valence-corrected chi connectivity index (χ4v) is 5.50. The normalized spacial score (nSPS) is 16.9. The summed E-state index contributed by atoms with van der Waals surface area (Å²) in [5.41, 5.74) is -2.31. The number of nitrogens with zero attached hydrogens (tertiary/aromatic N) is 4. The molecule has 4 rings (SSSR count). The number of thiophene rings is 1. The van der Waals surface area contributed by atoms with Gasteiger partial charge in [-0.15, -0.1) is 11.3 Å². The first-order valence-corrected chi connectivity index (χ1v) is 11.5. The summed E-state index contributed by atoms with van der Waals surface area (Å²) in [5.74, 6) is -0.562. The van der Waals surface area contributed by atoms with E-state index in [2.05, 4.69) is 10.2 Å². The van der Waals surface area contributed by atoms with Crippen LogP contribution in [-0.4, -0.2) is 43.5 Å². The van der Waals surface area contributed by atoms with Gasteiger partial charge in [0.2, 0.25) is 0 Å². The highest BCUT2D eigenvalue weighted by Crippen LogP contribution is 2.37. The largest absolute Gasteiger partial charge is 0.435 e. The Kier molecular flexibility index (Phi) is 5.96. The van der Waals surface area contributed by atoms with Crippen LogP contribution in [0.4, 0.5) is 13.2 Å². The second kappa shape index (κ2) is 8.38. The molecule has 34 heavy (non-hydrogen) atoms. The maximum Gasteiger partial charge on any atom is 0.435 e. The van der Waals surface area contributed by atoms with Crippen LogP contribution in [0.5, 0.6) is 0 Å². The highest BCUT2D eigenvalue weighted by atomic mass is 32.1. The molecule has 0 spiro atoms. The molecule has 1 amide bonds. The van der Waals surface area contributed by atoms with Crippen molar-refractivity contribution in [2.24, 2.45) is 13.0 Å². The van der Waals surface area contributed by atoms with E-state index in [9.17, 15) is 27.6 Å². The molecule has 184 valence electrons. The van der Waals surface area contributed by atoms with Crippen molar-refractivity contribution in [3.63, 3.8) is 0 Å². The third kappa shape index (κ3) is 3.86. The minimum absolute atomic E-state index is 0.00124. The van der Waals surface area contributed by atoms with Crippen LogP contribution in [0.3, 0.4) is 0 Å². The first kappa shape index (κ1) is 24.2. The first-order chi connectivity index (χ1) is 15.8. The Labute approximate surface area is 195 Å². The smallest absolute Gasteiger partial charge is 0.282 e. The molecule has 1 aliphatic rings. The van der Waals surface area contributed by atoms with Crippen LogP contribution in [0.1, 0.15) is 59.0 Å². The summed E-state index contributed by atoms with van der Waals surface area (Å²) in [7, 11) is 1.31. The lowest BCUT2D eigenvalue weighted by molar-refractivity contribution is -0.141. The van der Waals surface area contributed by atoms with E-state index in [0.29, 0.717) is 6.61 Å². The zero-order valence-corrected chi connectivity index (χ0v) is 20.1. The zero-order chi connectivity index (χ0) is 25.1. The summed E-state index contributed by atoms with van der Waals surface area (Å²) >= 11 is 0.968. The van der Waals surface area contributed by atoms with Crippen molar-refractivity contribution >= 4 is 27.5 Å². The summed E-state index contributed by atoms with van der Waals surface area (Å²) < 4.78 is 43.0. The molecule has 1 saturated heterocycles. The molecular weight excluding hydrogens is 475 g/mol. The van der Waals surface area contributed by atoms with Gasteiger partial charge < -0.3 is 0 Å². The number of aromatic nitrogens is 4. The number of carbonyl (C=O) groups is 1. The Morgan fingerprint density at radius 3 is 2.56 bits per heavy atom. The average molecular weight is 500 g/mol. The predicted octanol–water partition coefficient (Wildman–Crippen LogP) is 3.01. The molecule has 4 heterocycles. The second-order valence-electron chi connectivity index (χ2n) is 8.81. The molecule has 13 heteroatoms. The molecule has 0 aromatic carbocycles. The average Bonchev–Trinajstić information content (AvgIpc) is 3.43. The molecule has 0 bridgehead atoms. The predicted molar refractivity (Wildman–Crippen MR) is 119 cm³/mol. The van der Waals surface area contributed by atoms with E-state index in [4.69, 9.17) is 4.84 Å². The molecule has 1 unspecified atom stereocenters. The van der Waals surface area contributed by atoms with Crippen LogP contribution < -0.4 is 11.2 Å². The number of fused-ring (bicyclic) bond motifs is 1. The van der Waals surface area contributed by atoms with Crippen molar-refractivity contribution in [2.75, 3.05) is 13.2 Å². The number of rotatable bonds is 4. The number of alkyl halides is 3. The number of nitrogens with one attached hydrogen (secondary N) is 1. The maximum absolute atomic E-state index is 13.6. The van der Waals surface area contributed by atoms with Gasteiger partial charge in [-0.1, -0.05) is 6.92 Å². The topological polar surface area (TPSA) is 102 Å². The number of halogens is 3. The number of aryl methyl sites for hydroxylation is 1. The quantitative estimate of drug-likeness (QED) is 0.595. The molecule has 9 nitrogen and oxygen atoms in total. The van der Waals surface area contributed by atoms with Gasteiger partial charge in [0.25, 0.3) is 11.5 Å². The maximum atomic E-state index is 13.6. The Balaban J connectivity index is 2.02. The number of hydroxylamine groups is 2. The van der Waals surface area contributed by atoms with Crippen LogP contribution in [0.2, 0.25) is 0 Å². The van der Waals surface area contributed by atoms with Gasteiger partial charge in [-0.05, 0) is 20.8 Å². The molecule has 3 aromatic heterocycles. The molecule has 1 fully saturated rings. The van der Waals surface area contributed by atoms with Crippen LogP contribution in [-0.2, 0) is 24.5 Å². The Morgan fingerprint density at radius 1 is 1.32 bits per heavy atom. The number of carbonyl (C=O) groups excluding carboxylic acids is 1. The van der Waals surface area contributed by atoms with Gasteiger partial charge in [0, 0.05) is 41.6 Å². The summed E-state index contributed by atoms with van der Waals surface area (Å²) in [4.78, 5) is 45.5. The van der Waals surface area contributed by atoms with Gasteiger partial charge in [-0.25, -0.2) is 9.86 Å². The van der Waals surface area contributed by atoms with Gasteiger partial charge in [0.05, 0.1) is 24.1 Å². The molecule has 0 aliphatic carbocycles. The molecule has 1 N–H and O–H groups in total. The van der Waals surface area contributed by atoms with E-state index in [1.807, 2.05) is 6.92 Å². The van der Waals surface area contributed by atoms with E-state index in [0.717, 1.165) is 21.0 Å². The lowest BCUT2D eigenvalue weighted by atomic mass is 10.0. The Bertz CT molecular complexity index is 1400. The highest BCUT2D eigenvalue weighted by molar-refractivity contribution is 7.19. The number of H-pyrrole nitrogens is 1.